The van der Waals surface area contributed by atoms with Crippen LogP contribution in [0.3, 0.4) is 0 Å². The first-order valence-electron chi connectivity index (χ1n) is 5.87. The number of halogens is 1. The third kappa shape index (κ3) is 1.47. The molecule has 0 saturated carbocycles. The first kappa shape index (κ1) is 10.8. The van der Waals surface area contributed by atoms with Gasteiger partial charge in [0.25, 0.3) is 0 Å². The second-order valence-electron chi connectivity index (χ2n) is 4.45. The van der Waals surface area contributed by atoms with Crippen LogP contribution in [0.4, 0.5) is 0 Å². The predicted octanol–water partition coefficient (Wildman–Crippen LogP) is 4.19. The second kappa shape index (κ2) is 3.71. The molecule has 1 N–H and O–H groups in total. The van der Waals surface area contributed by atoms with Gasteiger partial charge in [-0.2, -0.15) is 0 Å². The molecule has 4 aromatic rings. The summed E-state index contributed by atoms with van der Waals surface area (Å²) >= 11 is 3.44. The fourth-order valence-electron chi connectivity index (χ4n) is 2.46. The van der Waals surface area contributed by atoms with Crippen LogP contribution in [0.5, 0.6) is 0 Å². The number of H-pyrrole nitrogens is 1. The van der Waals surface area contributed by atoms with Crippen LogP contribution in [0.15, 0.2) is 56.1 Å². The molecule has 0 fully saturated rings. The lowest BCUT2D eigenvalue weighted by Gasteiger charge is -1.97. The van der Waals surface area contributed by atoms with Crippen molar-refractivity contribution in [3.8, 4) is 0 Å². The Balaban J connectivity index is 2.36. The summed E-state index contributed by atoms with van der Waals surface area (Å²) < 4.78 is 6.43. The highest BCUT2D eigenvalue weighted by molar-refractivity contribution is 9.10. The van der Waals surface area contributed by atoms with E-state index in [2.05, 4.69) is 20.9 Å². The lowest BCUT2D eigenvalue weighted by molar-refractivity contribution is 0.573. The van der Waals surface area contributed by atoms with Crippen LogP contribution in [0.1, 0.15) is 0 Å². The molecule has 0 unspecified atom stereocenters. The molecule has 0 amide bonds. The van der Waals surface area contributed by atoms with E-state index in [9.17, 15) is 4.79 Å². The van der Waals surface area contributed by atoms with Crippen LogP contribution in [0.25, 0.3) is 32.8 Å². The van der Waals surface area contributed by atoms with E-state index in [1.165, 1.54) is 0 Å². The van der Waals surface area contributed by atoms with Gasteiger partial charge in [-0.15, -0.1) is 0 Å². The van der Waals surface area contributed by atoms with Gasteiger partial charge in [0.05, 0.1) is 10.9 Å². The van der Waals surface area contributed by atoms with Crippen molar-refractivity contribution in [3.05, 3.63) is 57.4 Å². The van der Waals surface area contributed by atoms with Crippen LogP contribution in [-0.4, -0.2) is 4.98 Å². The van der Waals surface area contributed by atoms with Gasteiger partial charge < -0.3 is 9.40 Å². The van der Waals surface area contributed by atoms with E-state index in [4.69, 9.17) is 4.42 Å². The van der Waals surface area contributed by atoms with E-state index in [-0.39, 0.29) is 5.63 Å². The molecule has 0 aliphatic rings. The number of rotatable bonds is 0. The van der Waals surface area contributed by atoms with Crippen molar-refractivity contribution >= 4 is 48.7 Å². The molecule has 2 heterocycles. The molecule has 4 heteroatoms. The number of fused-ring (bicyclic) bond motifs is 5. The quantitative estimate of drug-likeness (QED) is 0.529. The summed E-state index contributed by atoms with van der Waals surface area (Å²) in [5.74, 6) is 0. The summed E-state index contributed by atoms with van der Waals surface area (Å²) in [4.78, 5) is 15.3. The highest BCUT2D eigenvalue weighted by atomic mass is 79.9. The molecule has 0 spiro atoms. The SMILES string of the molecule is O=c1oc2c3cc(Br)ccc3[nH]c2c2ccccc12. The summed E-state index contributed by atoms with van der Waals surface area (Å²) in [7, 11) is 0. The zero-order valence-corrected chi connectivity index (χ0v) is 11.3. The van der Waals surface area contributed by atoms with Crippen molar-refractivity contribution in [1.82, 2.24) is 4.98 Å². The van der Waals surface area contributed by atoms with E-state index in [0.29, 0.717) is 11.0 Å². The molecule has 0 saturated heterocycles. The van der Waals surface area contributed by atoms with Gasteiger partial charge in [0.1, 0.15) is 0 Å². The molecule has 19 heavy (non-hydrogen) atoms. The molecule has 0 atom stereocenters. The van der Waals surface area contributed by atoms with E-state index in [1.54, 1.807) is 6.07 Å². The predicted molar refractivity (Wildman–Crippen MR) is 79.5 cm³/mol. The van der Waals surface area contributed by atoms with Crippen molar-refractivity contribution in [2.24, 2.45) is 0 Å². The van der Waals surface area contributed by atoms with Crippen LogP contribution in [0, 0.1) is 0 Å². The molecule has 0 bridgehead atoms. The number of hydrogen-bond acceptors (Lipinski definition) is 2. The van der Waals surface area contributed by atoms with E-state index in [1.807, 2.05) is 36.4 Å². The van der Waals surface area contributed by atoms with Gasteiger partial charge in [0.2, 0.25) is 0 Å². The number of hydrogen-bond donors (Lipinski definition) is 1. The second-order valence-corrected chi connectivity index (χ2v) is 5.37. The first-order valence-corrected chi connectivity index (χ1v) is 6.66. The third-order valence-corrected chi connectivity index (χ3v) is 3.82. The molecule has 0 aliphatic heterocycles. The Morgan fingerprint density at radius 2 is 1.79 bits per heavy atom. The maximum absolute atomic E-state index is 12.0. The van der Waals surface area contributed by atoms with E-state index in [0.717, 1.165) is 26.3 Å². The summed E-state index contributed by atoms with van der Waals surface area (Å²) in [5.41, 5.74) is 2.13. The maximum Gasteiger partial charge on any atom is 0.344 e. The molecular weight excluding hydrogens is 306 g/mol. The molecule has 0 aliphatic carbocycles. The Bertz CT molecular complexity index is 997. The Morgan fingerprint density at radius 3 is 2.63 bits per heavy atom. The average molecular weight is 314 g/mol. The molecule has 92 valence electrons. The van der Waals surface area contributed by atoms with Crippen LogP contribution < -0.4 is 5.63 Å². The Kier molecular flexibility index (Phi) is 2.11. The summed E-state index contributed by atoms with van der Waals surface area (Å²) in [5, 5.41) is 2.40. The standard InChI is InChI=1S/C15H8BrNO2/c16-8-5-6-12-11(7-8)14-13(17-12)9-3-1-2-4-10(9)15(18)19-14/h1-7,17H. The van der Waals surface area contributed by atoms with Gasteiger partial charge in [-0.3, -0.25) is 0 Å². The summed E-state index contributed by atoms with van der Waals surface area (Å²) in [6.45, 7) is 0. The molecule has 2 aromatic heterocycles. The summed E-state index contributed by atoms with van der Waals surface area (Å²) in [6, 6.07) is 13.3. The number of nitrogens with one attached hydrogen (secondary N) is 1. The zero-order valence-electron chi connectivity index (χ0n) is 9.74. The summed E-state index contributed by atoms with van der Waals surface area (Å²) in [6.07, 6.45) is 0. The zero-order chi connectivity index (χ0) is 13.0. The minimum Gasteiger partial charge on any atom is -0.420 e. The Hall–Kier alpha value is -2.07. The fourth-order valence-corrected chi connectivity index (χ4v) is 2.82. The lowest BCUT2D eigenvalue weighted by atomic mass is 10.1. The molecular formula is C15H8BrNO2. The van der Waals surface area contributed by atoms with Crippen molar-refractivity contribution in [1.29, 1.82) is 0 Å². The Labute approximate surface area is 116 Å². The van der Waals surface area contributed by atoms with Crippen LogP contribution in [-0.2, 0) is 0 Å². The molecule has 0 radical (unpaired) electrons. The highest BCUT2D eigenvalue weighted by Crippen LogP contribution is 2.30. The van der Waals surface area contributed by atoms with Crippen LogP contribution in [0.2, 0.25) is 0 Å². The van der Waals surface area contributed by atoms with Gasteiger partial charge in [-0.05, 0) is 24.3 Å². The number of aromatic nitrogens is 1. The number of aromatic amines is 1. The van der Waals surface area contributed by atoms with Crippen molar-refractivity contribution < 1.29 is 4.42 Å². The molecule has 2 aromatic carbocycles. The fraction of sp³-hybridized carbons (Fsp3) is 0. The van der Waals surface area contributed by atoms with Crippen molar-refractivity contribution in [2.75, 3.05) is 0 Å². The minimum absolute atomic E-state index is 0.302. The largest absolute Gasteiger partial charge is 0.420 e. The lowest BCUT2D eigenvalue weighted by Crippen LogP contribution is -1.98. The van der Waals surface area contributed by atoms with Gasteiger partial charge in [0, 0.05) is 20.8 Å². The normalized spacial score (nSPS) is 11.6. The topological polar surface area (TPSA) is 46.0 Å². The smallest absolute Gasteiger partial charge is 0.344 e. The monoisotopic (exact) mass is 313 g/mol. The molecule has 4 rings (SSSR count). The van der Waals surface area contributed by atoms with Gasteiger partial charge >= 0.3 is 5.63 Å². The molecule has 3 nitrogen and oxygen atoms in total. The first-order chi connectivity index (χ1) is 9.24. The van der Waals surface area contributed by atoms with Crippen molar-refractivity contribution in [3.63, 3.8) is 0 Å². The van der Waals surface area contributed by atoms with Crippen LogP contribution >= 0.6 is 15.9 Å². The number of benzene rings is 2. The average Bonchev–Trinajstić information content (AvgIpc) is 2.78. The highest BCUT2D eigenvalue weighted by Gasteiger charge is 2.12. The minimum atomic E-state index is -0.302. The third-order valence-electron chi connectivity index (χ3n) is 3.32. The van der Waals surface area contributed by atoms with Gasteiger partial charge in [0.15, 0.2) is 5.58 Å². The van der Waals surface area contributed by atoms with Gasteiger partial charge in [-0.25, -0.2) is 4.79 Å². The maximum atomic E-state index is 12.0. The van der Waals surface area contributed by atoms with Crippen molar-refractivity contribution in [2.45, 2.75) is 0 Å². The van der Waals surface area contributed by atoms with E-state index >= 15 is 0 Å². The van der Waals surface area contributed by atoms with E-state index < -0.39 is 0 Å². The van der Waals surface area contributed by atoms with Gasteiger partial charge in [-0.1, -0.05) is 34.1 Å². The Morgan fingerprint density at radius 1 is 1.00 bits per heavy atom.